The molecule has 3 heterocycles. The van der Waals surface area contributed by atoms with E-state index in [1.54, 1.807) is 13.0 Å². The van der Waals surface area contributed by atoms with Crippen molar-refractivity contribution < 1.29 is 14.3 Å². The van der Waals surface area contributed by atoms with Gasteiger partial charge in [-0.2, -0.15) is 0 Å². The number of hydrogen-bond acceptors (Lipinski definition) is 6. The number of ether oxygens (including phenoxy) is 1. The SMILES string of the molecule is CC(=O)N1CCC(C2CN(c3cccc(COC(=O)NC(=N)N)n3)C2)CC1. The molecule has 0 radical (unpaired) electrons. The maximum absolute atomic E-state index is 11.4. The first-order valence-electron chi connectivity index (χ1n) is 9.16. The number of nitrogens with zero attached hydrogens (tertiary/aromatic N) is 3. The Labute approximate surface area is 158 Å². The zero-order valence-corrected chi connectivity index (χ0v) is 15.5. The quantitative estimate of drug-likeness (QED) is 0.531. The molecule has 0 atom stereocenters. The van der Waals surface area contributed by atoms with E-state index in [1.165, 1.54) is 0 Å². The molecule has 2 fully saturated rings. The van der Waals surface area contributed by atoms with Crippen LogP contribution >= 0.6 is 0 Å². The van der Waals surface area contributed by atoms with Gasteiger partial charge in [-0.25, -0.2) is 9.78 Å². The number of rotatable bonds is 4. The van der Waals surface area contributed by atoms with E-state index >= 15 is 0 Å². The lowest BCUT2D eigenvalue weighted by Crippen LogP contribution is -2.52. The van der Waals surface area contributed by atoms with Crippen LogP contribution in [0.1, 0.15) is 25.5 Å². The Morgan fingerprint density at radius 1 is 1.30 bits per heavy atom. The van der Waals surface area contributed by atoms with E-state index in [4.69, 9.17) is 15.9 Å². The van der Waals surface area contributed by atoms with Crippen LogP contribution in [0.15, 0.2) is 18.2 Å². The van der Waals surface area contributed by atoms with Crippen molar-refractivity contribution in [2.75, 3.05) is 31.1 Å². The molecular weight excluding hydrogens is 348 g/mol. The molecule has 1 aromatic rings. The van der Waals surface area contributed by atoms with Gasteiger partial charge in [0, 0.05) is 33.1 Å². The molecule has 2 amide bonds. The van der Waals surface area contributed by atoms with Crippen molar-refractivity contribution in [2.45, 2.75) is 26.4 Å². The normalized spacial score (nSPS) is 18.0. The molecule has 0 spiro atoms. The zero-order chi connectivity index (χ0) is 19.4. The standard InChI is InChI=1S/C18H26N6O3/c1-12(25)23-7-5-13(6-8-23)14-9-24(10-14)16-4-2-3-15(21-16)11-27-18(26)22-17(19)20/h2-4,13-14H,5-11H2,1H3,(H4,19,20,22,26). The summed E-state index contributed by atoms with van der Waals surface area (Å²) in [6.45, 7) is 5.32. The predicted octanol–water partition coefficient (Wildman–Crippen LogP) is 0.896. The average molecular weight is 374 g/mol. The number of hydrogen-bond donors (Lipinski definition) is 3. The second-order valence-corrected chi connectivity index (χ2v) is 7.11. The minimum atomic E-state index is -0.768. The van der Waals surface area contributed by atoms with Crippen LogP contribution in [0, 0.1) is 17.2 Å². The van der Waals surface area contributed by atoms with Gasteiger partial charge in [-0.1, -0.05) is 6.07 Å². The fourth-order valence-electron chi connectivity index (χ4n) is 3.69. The molecule has 27 heavy (non-hydrogen) atoms. The molecule has 0 aliphatic carbocycles. The number of nitrogens with one attached hydrogen (secondary N) is 2. The molecule has 2 aliphatic rings. The number of pyridine rings is 1. The summed E-state index contributed by atoms with van der Waals surface area (Å²) < 4.78 is 4.99. The lowest BCUT2D eigenvalue weighted by molar-refractivity contribution is -0.130. The van der Waals surface area contributed by atoms with Crippen LogP contribution in [0.4, 0.5) is 10.6 Å². The van der Waals surface area contributed by atoms with Gasteiger partial charge in [0.25, 0.3) is 0 Å². The molecule has 1 aromatic heterocycles. The topological polar surface area (TPSA) is 125 Å². The second-order valence-electron chi connectivity index (χ2n) is 7.11. The fourth-order valence-corrected chi connectivity index (χ4v) is 3.69. The maximum atomic E-state index is 11.4. The third kappa shape index (κ3) is 4.87. The highest BCUT2D eigenvalue weighted by Crippen LogP contribution is 2.34. The van der Waals surface area contributed by atoms with Crippen molar-refractivity contribution in [2.24, 2.45) is 17.6 Å². The Morgan fingerprint density at radius 2 is 2.00 bits per heavy atom. The number of alkyl carbamates (subject to hydrolysis) is 1. The number of guanidine groups is 1. The molecule has 9 heteroatoms. The first-order valence-corrected chi connectivity index (χ1v) is 9.16. The molecule has 2 aliphatic heterocycles. The van der Waals surface area contributed by atoms with Gasteiger partial charge in [0.05, 0.1) is 5.69 Å². The Bertz CT molecular complexity index is 711. The van der Waals surface area contributed by atoms with E-state index in [0.717, 1.165) is 44.8 Å². The van der Waals surface area contributed by atoms with Crippen LogP contribution < -0.4 is 16.0 Å². The predicted molar refractivity (Wildman–Crippen MR) is 100 cm³/mol. The third-order valence-corrected chi connectivity index (χ3v) is 5.27. The van der Waals surface area contributed by atoms with Crippen LogP contribution in [0.2, 0.25) is 0 Å². The molecule has 146 valence electrons. The van der Waals surface area contributed by atoms with Gasteiger partial charge in [-0.05, 0) is 36.8 Å². The van der Waals surface area contributed by atoms with E-state index < -0.39 is 12.1 Å². The van der Waals surface area contributed by atoms with Gasteiger partial charge >= 0.3 is 6.09 Å². The van der Waals surface area contributed by atoms with E-state index in [-0.39, 0.29) is 12.5 Å². The van der Waals surface area contributed by atoms with Gasteiger partial charge in [0.15, 0.2) is 5.96 Å². The van der Waals surface area contributed by atoms with Crippen molar-refractivity contribution in [3.05, 3.63) is 23.9 Å². The Kier molecular flexibility index (Phi) is 5.78. The maximum Gasteiger partial charge on any atom is 0.414 e. The summed E-state index contributed by atoms with van der Waals surface area (Å²) in [5.41, 5.74) is 5.72. The van der Waals surface area contributed by atoms with Gasteiger partial charge in [-0.3, -0.25) is 15.5 Å². The lowest BCUT2D eigenvalue weighted by atomic mass is 9.79. The molecule has 4 N–H and O–H groups in total. The van der Waals surface area contributed by atoms with Crippen LogP contribution in [0.25, 0.3) is 0 Å². The Hall–Kier alpha value is -2.84. The van der Waals surface area contributed by atoms with Crippen LogP contribution in [0.3, 0.4) is 0 Å². The average Bonchev–Trinajstić information content (AvgIpc) is 2.59. The number of likely N-dealkylation sites (tertiary alicyclic amines) is 1. The monoisotopic (exact) mass is 374 g/mol. The van der Waals surface area contributed by atoms with E-state index in [1.807, 2.05) is 17.0 Å². The van der Waals surface area contributed by atoms with E-state index in [9.17, 15) is 9.59 Å². The van der Waals surface area contributed by atoms with Crippen molar-refractivity contribution in [3.63, 3.8) is 0 Å². The molecule has 0 unspecified atom stereocenters. The zero-order valence-electron chi connectivity index (χ0n) is 15.5. The smallest absolute Gasteiger partial charge is 0.414 e. The molecular formula is C18H26N6O3. The lowest BCUT2D eigenvalue weighted by Gasteiger charge is -2.46. The van der Waals surface area contributed by atoms with Crippen LogP contribution in [0.5, 0.6) is 0 Å². The van der Waals surface area contributed by atoms with Crippen molar-refractivity contribution in [3.8, 4) is 0 Å². The Balaban J connectivity index is 1.46. The van der Waals surface area contributed by atoms with Gasteiger partial charge in [-0.15, -0.1) is 0 Å². The largest absolute Gasteiger partial charge is 0.443 e. The summed E-state index contributed by atoms with van der Waals surface area (Å²) in [5, 5.41) is 9.05. The van der Waals surface area contributed by atoms with Gasteiger partial charge in [0.1, 0.15) is 12.4 Å². The minimum Gasteiger partial charge on any atom is -0.443 e. The van der Waals surface area contributed by atoms with Gasteiger partial charge < -0.3 is 20.3 Å². The minimum absolute atomic E-state index is 0.0216. The van der Waals surface area contributed by atoms with Crippen LogP contribution in [-0.2, 0) is 16.1 Å². The third-order valence-electron chi connectivity index (χ3n) is 5.27. The van der Waals surface area contributed by atoms with E-state index in [0.29, 0.717) is 17.5 Å². The number of carbonyl (C=O) groups is 2. The number of amides is 2. The number of carbonyl (C=O) groups excluding carboxylic acids is 2. The molecule has 3 rings (SSSR count). The molecule has 0 bridgehead atoms. The van der Waals surface area contributed by atoms with Crippen molar-refractivity contribution >= 4 is 23.8 Å². The summed E-state index contributed by atoms with van der Waals surface area (Å²) >= 11 is 0. The molecule has 0 saturated carbocycles. The summed E-state index contributed by atoms with van der Waals surface area (Å²) in [5.74, 6) is 1.90. The number of piperidine rings is 1. The summed E-state index contributed by atoms with van der Waals surface area (Å²) in [7, 11) is 0. The summed E-state index contributed by atoms with van der Waals surface area (Å²) in [6.07, 6.45) is 1.38. The van der Waals surface area contributed by atoms with Crippen LogP contribution in [-0.4, -0.2) is 54.0 Å². The highest BCUT2D eigenvalue weighted by atomic mass is 16.5. The first kappa shape index (κ1) is 18.9. The summed E-state index contributed by atoms with van der Waals surface area (Å²) in [4.78, 5) is 31.5. The highest BCUT2D eigenvalue weighted by molar-refractivity contribution is 5.90. The Morgan fingerprint density at radius 3 is 2.63 bits per heavy atom. The number of aromatic nitrogens is 1. The van der Waals surface area contributed by atoms with Gasteiger partial charge in [0.2, 0.25) is 5.91 Å². The first-order chi connectivity index (χ1) is 12.9. The van der Waals surface area contributed by atoms with Crippen molar-refractivity contribution in [1.82, 2.24) is 15.2 Å². The summed E-state index contributed by atoms with van der Waals surface area (Å²) in [6, 6.07) is 5.63. The fraction of sp³-hybridized carbons (Fsp3) is 0.556. The number of anilines is 1. The molecule has 9 nitrogen and oxygen atoms in total. The molecule has 2 saturated heterocycles. The van der Waals surface area contributed by atoms with E-state index in [2.05, 4.69) is 15.2 Å². The highest BCUT2D eigenvalue weighted by Gasteiger charge is 2.36. The molecule has 0 aromatic carbocycles. The number of nitrogens with two attached hydrogens (primary N) is 1. The van der Waals surface area contributed by atoms with Crippen molar-refractivity contribution in [1.29, 1.82) is 5.41 Å². The second kappa shape index (κ2) is 8.24.